The first-order valence-electron chi connectivity index (χ1n) is 2.64. The zero-order valence-corrected chi connectivity index (χ0v) is 6.29. The van der Waals surface area contributed by atoms with Crippen LogP contribution in [0.25, 0.3) is 0 Å². The molecule has 0 heterocycles. The molecule has 0 unspecified atom stereocenters. The van der Waals surface area contributed by atoms with Crippen LogP contribution in [0.4, 0.5) is 0 Å². The van der Waals surface area contributed by atoms with E-state index in [-0.39, 0.29) is 12.4 Å². The minimum Gasteiger partial charge on any atom is -0.320 e. The van der Waals surface area contributed by atoms with Gasteiger partial charge in [-0.3, -0.25) is 0 Å². The molecular weight excluding hydrogens is 138 g/mol. The highest BCUT2D eigenvalue weighted by Crippen LogP contribution is 1.73. The maximum atomic E-state index is 6.40. The van der Waals surface area contributed by atoms with Crippen LogP contribution in [0.15, 0.2) is 4.99 Å². The first kappa shape index (κ1) is 11.4. The lowest BCUT2D eigenvalue weighted by molar-refractivity contribution is 0.735. The van der Waals surface area contributed by atoms with E-state index in [0.717, 1.165) is 13.0 Å². The highest BCUT2D eigenvalue weighted by Gasteiger charge is 1.77. The molecule has 0 amide bonds. The molecule has 0 aromatic rings. The molecule has 0 saturated carbocycles. The largest absolute Gasteiger partial charge is 0.320 e. The number of hydrogen-bond acceptors (Lipinski definition) is 3. The molecule has 0 bridgehead atoms. The Morgan fingerprint density at radius 1 is 1.67 bits per heavy atom. The van der Waals surface area contributed by atoms with Gasteiger partial charge in [-0.25, -0.2) is 10.4 Å². The number of hydrogen-bond donors (Lipinski definition) is 2. The van der Waals surface area contributed by atoms with E-state index in [2.05, 4.69) is 10.3 Å². The van der Waals surface area contributed by atoms with Gasteiger partial charge in [-0.1, -0.05) is 0 Å². The predicted octanol–water partition coefficient (Wildman–Crippen LogP) is 0.770. The van der Waals surface area contributed by atoms with Gasteiger partial charge < -0.3 is 5.32 Å². The summed E-state index contributed by atoms with van der Waals surface area (Å²) in [4.78, 5) is 3.59. The summed E-state index contributed by atoms with van der Waals surface area (Å²) in [5, 5.41) is 9.38. The maximum Gasteiger partial charge on any atom is 0.0861 e. The summed E-state index contributed by atoms with van der Waals surface area (Å²) in [6, 6.07) is 1.97. The Morgan fingerprint density at radius 2 is 2.33 bits per heavy atom. The van der Waals surface area contributed by atoms with Crippen LogP contribution in [0.2, 0.25) is 0 Å². The normalized spacial score (nSPS) is 7.22. The standard InChI is InChI=1S/C5H11N3.ClH/c1-7-3-2-4-8-5-6;/h6-7H,2-4H2,1H3;1H. The van der Waals surface area contributed by atoms with Gasteiger partial charge in [-0.2, -0.15) is 0 Å². The first-order chi connectivity index (χ1) is 3.91. The van der Waals surface area contributed by atoms with E-state index in [0.29, 0.717) is 6.54 Å². The Morgan fingerprint density at radius 3 is 2.78 bits per heavy atom. The van der Waals surface area contributed by atoms with Crippen LogP contribution in [0.5, 0.6) is 0 Å². The Labute approximate surface area is 61.5 Å². The van der Waals surface area contributed by atoms with Gasteiger partial charge in [-0.15, -0.1) is 12.4 Å². The second-order valence-corrected chi connectivity index (χ2v) is 1.45. The molecule has 0 aromatic heterocycles. The molecule has 2 N–H and O–H groups in total. The third-order valence-electron chi connectivity index (χ3n) is 0.776. The van der Waals surface area contributed by atoms with E-state index >= 15 is 0 Å². The van der Waals surface area contributed by atoms with Crippen molar-refractivity contribution >= 4 is 18.4 Å². The Kier molecular flexibility index (Phi) is 13.4. The van der Waals surface area contributed by atoms with Crippen LogP contribution in [-0.2, 0) is 0 Å². The van der Waals surface area contributed by atoms with E-state index in [9.17, 15) is 0 Å². The van der Waals surface area contributed by atoms with E-state index in [1.165, 1.54) is 0 Å². The van der Waals surface area contributed by atoms with Crippen LogP contribution < -0.4 is 5.32 Å². The van der Waals surface area contributed by atoms with Gasteiger partial charge in [0.05, 0.1) is 12.6 Å². The fourth-order valence-corrected chi connectivity index (χ4v) is 0.391. The second kappa shape index (κ2) is 10.6. The zero-order chi connectivity index (χ0) is 6.24. The minimum absolute atomic E-state index is 0. The topological polar surface area (TPSA) is 48.2 Å². The average molecular weight is 150 g/mol. The minimum atomic E-state index is 0. The van der Waals surface area contributed by atoms with Gasteiger partial charge in [-0.05, 0) is 20.0 Å². The van der Waals surface area contributed by atoms with Gasteiger partial charge in [0.1, 0.15) is 0 Å². The number of halogens is 1. The van der Waals surface area contributed by atoms with Gasteiger partial charge in [0.25, 0.3) is 0 Å². The molecule has 54 valence electrons. The molecule has 0 spiro atoms. The molecule has 0 fully saturated rings. The highest BCUT2D eigenvalue weighted by molar-refractivity contribution is 5.85. The van der Waals surface area contributed by atoms with Gasteiger partial charge in [0.2, 0.25) is 0 Å². The lowest BCUT2D eigenvalue weighted by Crippen LogP contribution is -2.08. The van der Waals surface area contributed by atoms with Crippen LogP contribution in [0.3, 0.4) is 0 Å². The molecule has 3 nitrogen and oxygen atoms in total. The van der Waals surface area contributed by atoms with Crippen molar-refractivity contribution in [2.75, 3.05) is 20.1 Å². The maximum absolute atomic E-state index is 6.40. The summed E-state index contributed by atoms with van der Waals surface area (Å²) >= 11 is 0. The molecule has 0 radical (unpaired) electrons. The van der Waals surface area contributed by atoms with Crippen molar-refractivity contribution in [2.45, 2.75) is 6.42 Å². The highest BCUT2D eigenvalue weighted by atomic mass is 35.5. The molecule has 4 heteroatoms. The zero-order valence-electron chi connectivity index (χ0n) is 5.48. The quantitative estimate of drug-likeness (QED) is 0.450. The molecule has 0 rings (SSSR count). The van der Waals surface area contributed by atoms with Gasteiger partial charge in [0.15, 0.2) is 0 Å². The van der Waals surface area contributed by atoms with Gasteiger partial charge in [0, 0.05) is 0 Å². The summed E-state index contributed by atoms with van der Waals surface area (Å²) in [5.41, 5.74) is 0. The van der Waals surface area contributed by atoms with E-state index in [1.54, 1.807) is 0 Å². The van der Waals surface area contributed by atoms with E-state index in [4.69, 9.17) is 5.41 Å². The summed E-state index contributed by atoms with van der Waals surface area (Å²) in [5.74, 6) is 0. The van der Waals surface area contributed by atoms with Crippen LogP contribution in [0, 0.1) is 5.41 Å². The number of nitrogens with zero attached hydrogens (tertiary/aromatic N) is 1. The van der Waals surface area contributed by atoms with Crippen molar-refractivity contribution in [1.82, 2.24) is 5.32 Å². The Balaban J connectivity index is 0. The predicted molar refractivity (Wildman–Crippen MR) is 40.8 cm³/mol. The molecule has 0 aliphatic heterocycles. The molecule has 9 heavy (non-hydrogen) atoms. The molecule has 0 atom stereocenters. The molecule has 0 aliphatic carbocycles. The van der Waals surface area contributed by atoms with Crippen molar-refractivity contribution in [1.29, 1.82) is 5.41 Å². The number of nitrogens with one attached hydrogen (secondary N) is 2. The molecule has 0 saturated heterocycles. The molecule has 0 aromatic carbocycles. The first-order valence-corrected chi connectivity index (χ1v) is 2.64. The number of rotatable bonds is 4. The Hall–Kier alpha value is -0.370. The van der Waals surface area contributed by atoms with Crippen molar-refractivity contribution in [3.05, 3.63) is 0 Å². The van der Waals surface area contributed by atoms with Crippen molar-refractivity contribution in [3.8, 4) is 0 Å². The SMILES string of the molecule is CNCCCN=C=N.Cl. The molecular formula is C5H12ClN3. The smallest absolute Gasteiger partial charge is 0.0861 e. The van der Waals surface area contributed by atoms with Crippen molar-refractivity contribution < 1.29 is 0 Å². The van der Waals surface area contributed by atoms with Crippen LogP contribution >= 0.6 is 12.4 Å². The van der Waals surface area contributed by atoms with Crippen LogP contribution in [0.1, 0.15) is 6.42 Å². The molecule has 0 aliphatic rings. The van der Waals surface area contributed by atoms with Crippen molar-refractivity contribution in [2.24, 2.45) is 4.99 Å². The van der Waals surface area contributed by atoms with Crippen molar-refractivity contribution in [3.63, 3.8) is 0 Å². The second-order valence-electron chi connectivity index (χ2n) is 1.45. The van der Waals surface area contributed by atoms with E-state index < -0.39 is 0 Å². The van der Waals surface area contributed by atoms with E-state index in [1.807, 2.05) is 13.1 Å². The lowest BCUT2D eigenvalue weighted by Gasteiger charge is -1.90. The summed E-state index contributed by atoms with van der Waals surface area (Å²) in [7, 11) is 1.90. The Bertz CT molecular complexity index is 88.2. The lowest BCUT2D eigenvalue weighted by atomic mass is 10.4. The third kappa shape index (κ3) is 11.3. The average Bonchev–Trinajstić information content (AvgIpc) is 1.81. The summed E-state index contributed by atoms with van der Waals surface area (Å²) in [6.07, 6.45) is 0.988. The fraction of sp³-hybridized carbons (Fsp3) is 0.800. The van der Waals surface area contributed by atoms with Gasteiger partial charge >= 0.3 is 0 Å². The van der Waals surface area contributed by atoms with Crippen LogP contribution in [-0.4, -0.2) is 26.1 Å². The summed E-state index contributed by atoms with van der Waals surface area (Å²) < 4.78 is 0. The fourth-order valence-electron chi connectivity index (χ4n) is 0.391. The third-order valence-corrected chi connectivity index (χ3v) is 0.776. The number of aliphatic imine (C=N–C) groups is 1. The summed E-state index contributed by atoms with van der Waals surface area (Å²) in [6.45, 7) is 1.68. The monoisotopic (exact) mass is 149 g/mol.